The van der Waals surface area contributed by atoms with Gasteiger partial charge in [-0.2, -0.15) is 0 Å². The largest absolute Gasteiger partial charge is 0.368 e. The predicted molar refractivity (Wildman–Crippen MR) is 92.6 cm³/mol. The molecule has 2 heterocycles. The number of unbranched alkanes of at least 4 members (excludes halogenated alkanes) is 3. The Hall–Kier alpha value is -1.30. The lowest BCUT2D eigenvalue weighted by atomic mass is 10.2. The van der Waals surface area contributed by atoms with Crippen molar-refractivity contribution in [2.24, 2.45) is 4.99 Å². The summed E-state index contributed by atoms with van der Waals surface area (Å²) in [6.45, 7) is 7.13. The van der Waals surface area contributed by atoms with Gasteiger partial charge in [-0.05, 0) is 19.3 Å². The average Bonchev–Trinajstić information content (AvgIpc) is 3.12. The maximum atomic E-state index is 12.4. The minimum atomic E-state index is -0.197. The van der Waals surface area contributed by atoms with Gasteiger partial charge in [0, 0.05) is 46.4 Å². The van der Waals surface area contributed by atoms with Crippen LogP contribution in [0.1, 0.15) is 45.4 Å². The maximum absolute atomic E-state index is 12.4. The number of piperazine rings is 1. The molecule has 0 bridgehead atoms. The molecule has 0 aromatic heterocycles. The van der Waals surface area contributed by atoms with Crippen LogP contribution in [0.5, 0.6) is 0 Å². The zero-order chi connectivity index (χ0) is 16.5. The third kappa shape index (κ3) is 5.37. The molecule has 2 rings (SSSR count). The van der Waals surface area contributed by atoms with Crippen LogP contribution in [0.15, 0.2) is 4.99 Å². The van der Waals surface area contributed by atoms with Crippen LogP contribution >= 0.6 is 0 Å². The molecule has 132 valence electrons. The first-order chi connectivity index (χ1) is 11.3. The van der Waals surface area contributed by atoms with Gasteiger partial charge in [-0.25, -0.2) is 0 Å². The number of hydrogen-bond donors (Lipinski definition) is 1. The van der Waals surface area contributed by atoms with E-state index in [1.807, 2.05) is 11.9 Å². The van der Waals surface area contributed by atoms with Crippen LogP contribution in [0.2, 0.25) is 0 Å². The van der Waals surface area contributed by atoms with Crippen LogP contribution in [-0.4, -0.2) is 74.1 Å². The SMILES string of the molecule is CCCCCCNC(=NC)N1CCN(C(=O)C2CCCO2)CC1. The molecule has 0 aromatic rings. The second kappa shape index (κ2) is 9.75. The third-order valence-electron chi connectivity index (χ3n) is 4.62. The Kier molecular flexibility index (Phi) is 7.65. The summed E-state index contributed by atoms with van der Waals surface area (Å²) in [5, 5.41) is 3.44. The van der Waals surface area contributed by atoms with Crippen molar-refractivity contribution < 1.29 is 9.53 Å². The average molecular weight is 324 g/mol. The monoisotopic (exact) mass is 324 g/mol. The maximum Gasteiger partial charge on any atom is 0.251 e. The smallest absolute Gasteiger partial charge is 0.251 e. The summed E-state index contributed by atoms with van der Waals surface area (Å²) in [6, 6.07) is 0. The topological polar surface area (TPSA) is 57.2 Å². The first-order valence-corrected chi connectivity index (χ1v) is 9.12. The highest BCUT2D eigenvalue weighted by molar-refractivity contribution is 5.82. The van der Waals surface area contributed by atoms with Gasteiger partial charge in [-0.15, -0.1) is 0 Å². The molecule has 0 saturated carbocycles. The van der Waals surface area contributed by atoms with Crippen molar-refractivity contribution in [1.82, 2.24) is 15.1 Å². The van der Waals surface area contributed by atoms with E-state index in [1.165, 1.54) is 25.7 Å². The summed E-state index contributed by atoms with van der Waals surface area (Å²) in [6.07, 6.45) is 6.69. The molecule has 2 aliphatic rings. The number of nitrogens with zero attached hydrogens (tertiary/aromatic N) is 3. The van der Waals surface area contributed by atoms with Crippen molar-refractivity contribution in [2.75, 3.05) is 46.4 Å². The summed E-state index contributed by atoms with van der Waals surface area (Å²) < 4.78 is 5.51. The lowest BCUT2D eigenvalue weighted by molar-refractivity contribution is -0.142. The van der Waals surface area contributed by atoms with Crippen LogP contribution in [0, 0.1) is 0 Å². The normalized spacial score (nSPS) is 22.5. The Bertz CT molecular complexity index is 386. The van der Waals surface area contributed by atoms with Gasteiger partial charge in [0.2, 0.25) is 0 Å². The molecule has 2 aliphatic heterocycles. The number of carbonyl (C=O) groups excluding carboxylic acids is 1. The third-order valence-corrected chi connectivity index (χ3v) is 4.62. The lowest BCUT2D eigenvalue weighted by Crippen LogP contribution is -2.55. The highest BCUT2D eigenvalue weighted by Crippen LogP contribution is 2.16. The van der Waals surface area contributed by atoms with E-state index < -0.39 is 0 Å². The number of carbonyl (C=O) groups is 1. The number of amides is 1. The fraction of sp³-hybridized carbons (Fsp3) is 0.882. The van der Waals surface area contributed by atoms with Gasteiger partial charge in [-0.3, -0.25) is 9.79 Å². The Balaban J connectivity index is 1.70. The van der Waals surface area contributed by atoms with E-state index in [2.05, 4.69) is 22.1 Å². The van der Waals surface area contributed by atoms with Gasteiger partial charge in [0.25, 0.3) is 5.91 Å². The number of hydrogen-bond acceptors (Lipinski definition) is 3. The van der Waals surface area contributed by atoms with Crippen molar-refractivity contribution in [2.45, 2.75) is 51.6 Å². The minimum Gasteiger partial charge on any atom is -0.368 e. The standard InChI is InChI=1S/C17H32N4O2/c1-3-4-5-6-9-19-17(18-2)21-12-10-20(11-13-21)16(22)15-8-7-14-23-15/h15H,3-14H2,1-2H3,(H,18,19). The molecule has 0 aromatic carbocycles. The molecular weight excluding hydrogens is 292 g/mol. The van der Waals surface area contributed by atoms with Crippen LogP contribution in [0.3, 0.4) is 0 Å². The molecule has 2 saturated heterocycles. The zero-order valence-electron chi connectivity index (χ0n) is 14.7. The Morgan fingerprint density at radius 3 is 2.52 bits per heavy atom. The van der Waals surface area contributed by atoms with E-state index in [9.17, 15) is 4.79 Å². The lowest BCUT2D eigenvalue weighted by Gasteiger charge is -2.37. The number of aliphatic imine (C=N–C) groups is 1. The zero-order valence-corrected chi connectivity index (χ0v) is 14.7. The molecule has 1 atom stereocenters. The first kappa shape index (κ1) is 18.0. The van der Waals surface area contributed by atoms with Gasteiger partial charge >= 0.3 is 0 Å². The molecule has 0 radical (unpaired) electrons. The second-order valence-electron chi connectivity index (χ2n) is 6.35. The molecular formula is C17H32N4O2. The molecule has 2 fully saturated rings. The van der Waals surface area contributed by atoms with E-state index in [-0.39, 0.29) is 12.0 Å². The van der Waals surface area contributed by atoms with Gasteiger partial charge < -0.3 is 19.9 Å². The van der Waals surface area contributed by atoms with Gasteiger partial charge in [0.05, 0.1) is 0 Å². The van der Waals surface area contributed by atoms with E-state index in [0.29, 0.717) is 0 Å². The molecule has 1 unspecified atom stereocenters. The van der Waals surface area contributed by atoms with Gasteiger partial charge in [0.1, 0.15) is 6.10 Å². The fourth-order valence-corrected chi connectivity index (χ4v) is 3.20. The summed E-state index contributed by atoms with van der Waals surface area (Å²) >= 11 is 0. The summed E-state index contributed by atoms with van der Waals surface area (Å²) in [5.41, 5.74) is 0. The predicted octanol–water partition coefficient (Wildman–Crippen LogP) is 1.47. The number of rotatable bonds is 6. The summed E-state index contributed by atoms with van der Waals surface area (Å²) in [5.74, 6) is 1.13. The molecule has 23 heavy (non-hydrogen) atoms. The van der Waals surface area contributed by atoms with Crippen LogP contribution in [-0.2, 0) is 9.53 Å². The Labute approximate surface area is 140 Å². The van der Waals surface area contributed by atoms with Crippen molar-refractivity contribution in [3.05, 3.63) is 0 Å². The van der Waals surface area contributed by atoms with Crippen LogP contribution < -0.4 is 5.32 Å². The van der Waals surface area contributed by atoms with E-state index in [1.54, 1.807) is 0 Å². The molecule has 6 heteroatoms. The van der Waals surface area contributed by atoms with Crippen molar-refractivity contribution >= 4 is 11.9 Å². The van der Waals surface area contributed by atoms with E-state index >= 15 is 0 Å². The van der Waals surface area contributed by atoms with Crippen LogP contribution in [0.25, 0.3) is 0 Å². The molecule has 1 N–H and O–H groups in total. The highest BCUT2D eigenvalue weighted by Gasteiger charge is 2.30. The van der Waals surface area contributed by atoms with Crippen molar-refractivity contribution in [1.29, 1.82) is 0 Å². The van der Waals surface area contributed by atoms with Crippen LogP contribution in [0.4, 0.5) is 0 Å². The Morgan fingerprint density at radius 2 is 1.91 bits per heavy atom. The van der Waals surface area contributed by atoms with Gasteiger partial charge in [0.15, 0.2) is 5.96 Å². The number of ether oxygens (including phenoxy) is 1. The van der Waals surface area contributed by atoms with E-state index in [0.717, 1.165) is 58.1 Å². The summed E-state index contributed by atoms with van der Waals surface area (Å²) in [7, 11) is 1.83. The quantitative estimate of drug-likeness (QED) is 0.457. The minimum absolute atomic E-state index is 0.171. The number of guanidine groups is 1. The summed E-state index contributed by atoms with van der Waals surface area (Å²) in [4.78, 5) is 20.9. The molecule has 0 aliphatic carbocycles. The molecule has 0 spiro atoms. The highest BCUT2D eigenvalue weighted by atomic mass is 16.5. The van der Waals surface area contributed by atoms with Crippen molar-refractivity contribution in [3.8, 4) is 0 Å². The second-order valence-corrected chi connectivity index (χ2v) is 6.35. The van der Waals surface area contributed by atoms with Gasteiger partial charge in [-0.1, -0.05) is 26.2 Å². The first-order valence-electron chi connectivity index (χ1n) is 9.12. The van der Waals surface area contributed by atoms with Crippen molar-refractivity contribution in [3.63, 3.8) is 0 Å². The Morgan fingerprint density at radius 1 is 1.17 bits per heavy atom. The molecule has 6 nitrogen and oxygen atoms in total. The van der Waals surface area contributed by atoms with E-state index in [4.69, 9.17) is 4.74 Å². The fourth-order valence-electron chi connectivity index (χ4n) is 3.20. The number of nitrogens with one attached hydrogen (secondary N) is 1. The molecule has 1 amide bonds.